The van der Waals surface area contributed by atoms with Crippen molar-refractivity contribution in [3.05, 3.63) is 0 Å². The maximum atomic E-state index is 8.30. The van der Waals surface area contributed by atoms with Crippen LogP contribution in [0.15, 0.2) is 0 Å². The molecule has 3 heteroatoms. The Kier molecular flexibility index (Phi) is 5.21. The average molecular weight is 184 g/mol. The predicted octanol–water partition coefficient (Wildman–Crippen LogP) is 1.63. The number of hydrogen-bond acceptors (Lipinski definition) is 3. The van der Waals surface area contributed by atoms with Gasteiger partial charge >= 0.3 is 0 Å². The third kappa shape index (κ3) is 3.99. The third-order valence-electron chi connectivity index (χ3n) is 2.10. The fraction of sp³-hybridized carbons (Fsp3) is 0.889. The van der Waals surface area contributed by atoms with Gasteiger partial charge in [0.1, 0.15) is 0 Å². The molecule has 1 atom stereocenters. The van der Waals surface area contributed by atoms with Crippen LogP contribution >= 0.6 is 11.8 Å². The Balaban J connectivity index is 1.85. The third-order valence-corrected chi connectivity index (χ3v) is 3.33. The summed E-state index contributed by atoms with van der Waals surface area (Å²) in [7, 11) is 0. The second kappa shape index (κ2) is 6.33. The van der Waals surface area contributed by atoms with Gasteiger partial charge in [-0.3, -0.25) is 0 Å². The molecule has 0 aromatic rings. The van der Waals surface area contributed by atoms with Crippen molar-refractivity contribution in [1.82, 2.24) is 5.32 Å². The summed E-state index contributed by atoms with van der Waals surface area (Å²) in [4.78, 5) is 0. The monoisotopic (exact) mass is 184 g/mol. The van der Waals surface area contributed by atoms with E-state index in [0.717, 1.165) is 25.4 Å². The van der Waals surface area contributed by atoms with Crippen molar-refractivity contribution in [3.8, 4) is 6.07 Å². The van der Waals surface area contributed by atoms with Crippen LogP contribution in [0, 0.1) is 17.2 Å². The van der Waals surface area contributed by atoms with E-state index in [4.69, 9.17) is 5.26 Å². The molecule has 0 aromatic heterocycles. The van der Waals surface area contributed by atoms with Gasteiger partial charge < -0.3 is 5.32 Å². The molecular formula is C9H16N2S. The molecule has 1 aliphatic rings. The highest BCUT2D eigenvalue weighted by Gasteiger charge is 2.13. The van der Waals surface area contributed by atoms with E-state index in [2.05, 4.69) is 23.1 Å². The fourth-order valence-corrected chi connectivity index (χ4v) is 2.63. The Hall–Kier alpha value is -0.200. The Morgan fingerprint density at radius 1 is 1.58 bits per heavy atom. The molecule has 1 unspecified atom stereocenters. The molecule has 1 aliphatic heterocycles. The molecule has 1 fully saturated rings. The molecule has 0 bridgehead atoms. The number of thioether (sulfide) groups is 1. The predicted molar refractivity (Wildman–Crippen MR) is 53.1 cm³/mol. The van der Waals surface area contributed by atoms with Crippen molar-refractivity contribution in [2.45, 2.75) is 19.3 Å². The topological polar surface area (TPSA) is 35.8 Å². The zero-order chi connectivity index (χ0) is 8.65. The molecule has 0 spiro atoms. The van der Waals surface area contributed by atoms with Gasteiger partial charge in [-0.05, 0) is 43.4 Å². The number of rotatable bonds is 5. The van der Waals surface area contributed by atoms with Crippen molar-refractivity contribution in [3.63, 3.8) is 0 Å². The van der Waals surface area contributed by atoms with E-state index >= 15 is 0 Å². The van der Waals surface area contributed by atoms with Crippen LogP contribution in [0.2, 0.25) is 0 Å². The Labute approximate surface area is 78.7 Å². The molecule has 1 N–H and O–H groups in total. The van der Waals surface area contributed by atoms with Gasteiger partial charge in [0.25, 0.3) is 0 Å². The Morgan fingerprint density at radius 2 is 2.50 bits per heavy atom. The normalized spacial score (nSPS) is 22.4. The highest BCUT2D eigenvalue weighted by Crippen LogP contribution is 2.22. The molecule has 1 heterocycles. The molecule has 1 rings (SSSR count). The first-order chi connectivity index (χ1) is 5.93. The highest BCUT2D eigenvalue weighted by molar-refractivity contribution is 7.99. The average Bonchev–Trinajstić information content (AvgIpc) is 2.57. The van der Waals surface area contributed by atoms with E-state index in [0.29, 0.717) is 6.42 Å². The second-order valence-electron chi connectivity index (χ2n) is 3.20. The molecule has 0 aliphatic carbocycles. The van der Waals surface area contributed by atoms with Crippen LogP contribution < -0.4 is 5.32 Å². The van der Waals surface area contributed by atoms with Crippen LogP contribution in [0.5, 0.6) is 0 Å². The van der Waals surface area contributed by atoms with Gasteiger partial charge in [0.2, 0.25) is 0 Å². The lowest BCUT2D eigenvalue weighted by Gasteiger charge is -2.08. The van der Waals surface area contributed by atoms with Gasteiger partial charge in [-0.25, -0.2) is 0 Å². The Morgan fingerprint density at radius 3 is 3.17 bits per heavy atom. The summed E-state index contributed by atoms with van der Waals surface area (Å²) in [5.41, 5.74) is 0. The van der Waals surface area contributed by atoms with Crippen LogP contribution in [0.25, 0.3) is 0 Å². The van der Waals surface area contributed by atoms with Crippen molar-refractivity contribution < 1.29 is 0 Å². The van der Waals surface area contributed by atoms with Gasteiger partial charge in [-0.15, -0.1) is 0 Å². The SMILES string of the molecule is N#CCCCNCC1CCSC1. The largest absolute Gasteiger partial charge is 0.316 e. The maximum Gasteiger partial charge on any atom is 0.0622 e. The summed E-state index contributed by atoms with van der Waals surface area (Å²) in [6.45, 7) is 2.16. The number of nitrogens with zero attached hydrogens (tertiary/aromatic N) is 1. The van der Waals surface area contributed by atoms with Gasteiger partial charge in [0, 0.05) is 6.42 Å². The summed E-state index contributed by atoms with van der Waals surface area (Å²) < 4.78 is 0. The zero-order valence-electron chi connectivity index (χ0n) is 7.38. The van der Waals surface area contributed by atoms with Gasteiger partial charge in [0.15, 0.2) is 0 Å². The van der Waals surface area contributed by atoms with Crippen LogP contribution in [0.3, 0.4) is 0 Å². The van der Waals surface area contributed by atoms with Crippen molar-refractivity contribution in [2.24, 2.45) is 5.92 Å². The van der Waals surface area contributed by atoms with Crippen LogP contribution in [-0.4, -0.2) is 24.6 Å². The summed E-state index contributed by atoms with van der Waals surface area (Å²) in [5, 5.41) is 11.7. The van der Waals surface area contributed by atoms with Crippen molar-refractivity contribution >= 4 is 11.8 Å². The van der Waals surface area contributed by atoms with Crippen LogP contribution in [0.1, 0.15) is 19.3 Å². The van der Waals surface area contributed by atoms with Crippen LogP contribution in [0.4, 0.5) is 0 Å². The Bertz CT molecular complexity index is 147. The highest BCUT2D eigenvalue weighted by atomic mass is 32.2. The molecule has 1 saturated heterocycles. The molecule has 0 radical (unpaired) electrons. The lowest BCUT2D eigenvalue weighted by atomic mass is 10.1. The summed E-state index contributed by atoms with van der Waals surface area (Å²) in [5.74, 6) is 3.55. The number of hydrogen-bond donors (Lipinski definition) is 1. The molecule has 0 amide bonds. The molecule has 12 heavy (non-hydrogen) atoms. The first-order valence-electron chi connectivity index (χ1n) is 4.59. The fourth-order valence-electron chi connectivity index (χ4n) is 1.34. The summed E-state index contributed by atoms with van der Waals surface area (Å²) in [6.07, 6.45) is 3.05. The van der Waals surface area contributed by atoms with E-state index in [1.54, 1.807) is 0 Å². The van der Waals surface area contributed by atoms with Gasteiger partial charge in [-0.2, -0.15) is 17.0 Å². The quantitative estimate of drug-likeness (QED) is 0.660. The van der Waals surface area contributed by atoms with Crippen molar-refractivity contribution in [1.29, 1.82) is 5.26 Å². The number of nitriles is 1. The minimum absolute atomic E-state index is 0.687. The van der Waals surface area contributed by atoms with Crippen LogP contribution in [-0.2, 0) is 0 Å². The lowest BCUT2D eigenvalue weighted by Crippen LogP contribution is -2.23. The van der Waals surface area contributed by atoms with Gasteiger partial charge in [-0.1, -0.05) is 0 Å². The maximum absolute atomic E-state index is 8.30. The smallest absolute Gasteiger partial charge is 0.0622 e. The standard InChI is InChI=1S/C9H16N2S/c10-4-1-2-5-11-7-9-3-6-12-8-9/h9,11H,1-3,5-8H2. The number of nitrogens with one attached hydrogen (secondary N) is 1. The molecule has 68 valence electrons. The van der Waals surface area contributed by atoms with E-state index in [1.807, 2.05) is 0 Å². The van der Waals surface area contributed by atoms with Gasteiger partial charge in [0.05, 0.1) is 6.07 Å². The first-order valence-corrected chi connectivity index (χ1v) is 5.74. The molecule has 0 aromatic carbocycles. The van der Waals surface area contributed by atoms with E-state index in [1.165, 1.54) is 17.9 Å². The lowest BCUT2D eigenvalue weighted by molar-refractivity contribution is 0.519. The minimum atomic E-state index is 0.687. The summed E-state index contributed by atoms with van der Waals surface area (Å²) >= 11 is 2.06. The van der Waals surface area contributed by atoms with E-state index in [-0.39, 0.29) is 0 Å². The van der Waals surface area contributed by atoms with Crippen molar-refractivity contribution in [2.75, 3.05) is 24.6 Å². The summed E-state index contributed by atoms with van der Waals surface area (Å²) in [6, 6.07) is 2.15. The zero-order valence-corrected chi connectivity index (χ0v) is 8.20. The van der Waals surface area contributed by atoms with E-state index in [9.17, 15) is 0 Å². The first kappa shape index (κ1) is 9.88. The minimum Gasteiger partial charge on any atom is -0.316 e. The second-order valence-corrected chi connectivity index (χ2v) is 4.35. The molecule has 0 saturated carbocycles. The van der Waals surface area contributed by atoms with E-state index < -0.39 is 0 Å². The molecular weight excluding hydrogens is 168 g/mol. The molecule has 2 nitrogen and oxygen atoms in total. The number of unbranched alkanes of at least 4 members (excludes halogenated alkanes) is 1.